The molecular weight excluding hydrogens is 318 g/mol. The van der Waals surface area contributed by atoms with Gasteiger partial charge in [0, 0.05) is 13.1 Å². The highest BCUT2D eigenvalue weighted by atomic mass is 16.5. The summed E-state index contributed by atoms with van der Waals surface area (Å²) in [6.07, 6.45) is 0.991. The average Bonchev–Trinajstić information content (AvgIpc) is 2.65. The van der Waals surface area contributed by atoms with Crippen molar-refractivity contribution in [3.63, 3.8) is 0 Å². The van der Waals surface area contributed by atoms with E-state index in [9.17, 15) is 4.79 Å². The summed E-state index contributed by atoms with van der Waals surface area (Å²) in [6, 6.07) is 14.3. The van der Waals surface area contributed by atoms with Gasteiger partial charge in [0.25, 0.3) is 0 Å². The van der Waals surface area contributed by atoms with Crippen molar-refractivity contribution in [2.45, 2.75) is 18.9 Å². The largest absolute Gasteiger partial charge is 0.493 e. The number of hydrogen-bond donors (Lipinski definition) is 1. The fraction of sp³-hybridized carbons (Fsp3) is 0.350. The van der Waals surface area contributed by atoms with Gasteiger partial charge in [0.05, 0.1) is 26.7 Å². The molecular formula is C20H23NO4. The van der Waals surface area contributed by atoms with Gasteiger partial charge in [0.15, 0.2) is 11.5 Å². The quantitative estimate of drug-likeness (QED) is 0.875. The van der Waals surface area contributed by atoms with Crippen molar-refractivity contribution < 1.29 is 19.4 Å². The Labute approximate surface area is 147 Å². The lowest BCUT2D eigenvalue weighted by Gasteiger charge is -2.38. The molecule has 1 heterocycles. The summed E-state index contributed by atoms with van der Waals surface area (Å²) in [7, 11) is 3.27. The fourth-order valence-corrected chi connectivity index (χ4v) is 3.50. The predicted octanol–water partition coefficient (Wildman–Crippen LogP) is 3.13. The Morgan fingerprint density at radius 3 is 2.48 bits per heavy atom. The molecule has 25 heavy (non-hydrogen) atoms. The highest BCUT2D eigenvalue weighted by Crippen LogP contribution is 2.40. The molecule has 2 aromatic carbocycles. The molecule has 132 valence electrons. The minimum Gasteiger partial charge on any atom is -0.493 e. The lowest BCUT2D eigenvalue weighted by molar-refractivity contribution is -0.137. The van der Waals surface area contributed by atoms with Crippen LogP contribution in [0.5, 0.6) is 11.5 Å². The smallest absolute Gasteiger partial charge is 0.304 e. The number of carboxylic acid groups (broad SMARTS) is 1. The number of carbonyl (C=O) groups is 1. The molecule has 1 N–H and O–H groups in total. The number of benzene rings is 2. The Kier molecular flexibility index (Phi) is 5.24. The van der Waals surface area contributed by atoms with E-state index in [0.29, 0.717) is 12.3 Å². The van der Waals surface area contributed by atoms with Crippen molar-refractivity contribution in [1.29, 1.82) is 0 Å². The monoisotopic (exact) mass is 341 g/mol. The maximum Gasteiger partial charge on any atom is 0.304 e. The third-order valence-corrected chi connectivity index (χ3v) is 4.70. The van der Waals surface area contributed by atoms with Crippen LogP contribution in [0.2, 0.25) is 0 Å². The molecule has 1 atom stereocenters. The molecule has 2 aromatic rings. The zero-order valence-corrected chi connectivity index (χ0v) is 14.6. The Morgan fingerprint density at radius 1 is 1.16 bits per heavy atom. The Balaban J connectivity index is 2.05. The summed E-state index contributed by atoms with van der Waals surface area (Å²) in [5.41, 5.74) is 3.53. The minimum absolute atomic E-state index is 0.0177. The molecule has 0 bridgehead atoms. The molecule has 0 saturated carbocycles. The van der Waals surface area contributed by atoms with Crippen molar-refractivity contribution in [1.82, 2.24) is 4.90 Å². The van der Waals surface area contributed by atoms with Gasteiger partial charge in [0.1, 0.15) is 0 Å². The Hall–Kier alpha value is -2.53. The average molecular weight is 341 g/mol. The van der Waals surface area contributed by atoms with Gasteiger partial charge in [-0.1, -0.05) is 30.3 Å². The lowest BCUT2D eigenvalue weighted by Crippen LogP contribution is -2.37. The van der Waals surface area contributed by atoms with Gasteiger partial charge in [-0.2, -0.15) is 0 Å². The number of aliphatic carboxylic acids is 1. The topological polar surface area (TPSA) is 59.0 Å². The van der Waals surface area contributed by atoms with E-state index in [1.807, 2.05) is 30.3 Å². The maximum atomic E-state index is 11.1. The first kappa shape index (κ1) is 17.3. The van der Waals surface area contributed by atoms with Gasteiger partial charge in [-0.05, 0) is 35.2 Å². The van der Waals surface area contributed by atoms with Gasteiger partial charge in [-0.3, -0.25) is 9.69 Å². The summed E-state index contributed by atoms with van der Waals surface area (Å²) < 4.78 is 10.9. The molecule has 0 fully saturated rings. The van der Waals surface area contributed by atoms with Gasteiger partial charge in [-0.25, -0.2) is 0 Å². The lowest BCUT2D eigenvalue weighted by atomic mass is 9.87. The van der Waals surface area contributed by atoms with E-state index in [2.05, 4.69) is 17.0 Å². The van der Waals surface area contributed by atoms with E-state index in [-0.39, 0.29) is 12.5 Å². The van der Waals surface area contributed by atoms with Crippen LogP contribution >= 0.6 is 0 Å². The minimum atomic E-state index is -0.773. The zero-order chi connectivity index (χ0) is 17.8. The van der Waals surface area contributed by atoms with Crippen LogP contribution in [0.25, 0.3) is 0 Å². The Morgan fingerprint density at radius 2 is 1.84 bits per heavy atom. The van der Waals surface area contributed by atoms with Crippen LogP contribution in [0.1, 0.15) is 29.2 Å². The molecule has 0 saturated heterocycles. The molecule has 0 unspecified atom stereocenters. The normalized spacial score (nSPS) is 17.0. The third-order valence-electron chi connectivity index (χ3n) is 4.70. The Bertz CT molecular complexity index is 745. The summed E-state index contributed by atoms with van der Waals surface area (Å²) in [6.45, 7) is 1.33. The summed E-state index contributed by atoms with van der Waals surface area (Å²) in [4.78, 5) is 13.3. The number of nitrogens with zero attached hydrogens (tertiary/aromatic N) is 1. The maximum absolute atomic E-state index is 11.1. The number of fused-ring (bicyclic) bond motifs is 1. The second-order valence-electron chi connectivity index (χ2n) is 6.15. The second kappa shape index (κ2) is 7.57. The van der Waals surface area contributed by atoms with Gasteiger partial charge >= 0.3 is 5.97 Å². The van der Waals surface area contributed by atoms with Gasteiger partial charge < -0.3 is 14.6 Å². The second-order valence-corrected chi connectivity index (χ2v) is 6.15. The van der Waals surface area contributed by atoms with E-state index < -0.39 is 5.97 Å². The van der Waals surface area contributed by atoms with Crippen molar-refractivity contribution >= 4 is 5.97 Å². The first-order valence-electron chi connectivity index (χ1n) is 8.39. The number of rotatable bonds is 6. The van der Waals surface area contributed by atoms with Crippen molar-refractivity contribution in [3.05, 3.63) is 59.2 Å². The van der Waals surface area contributed by atoms with E-state index in [1.54, 1.807) is 14.2 Å². The molecule has 0 radical (unpaired) electrons. The fourth-order valence-electron chi connectivity index (χ4n) is 3.50. The van der Waals surface area contributed by atoms with Crippen LogP contribution in [0, 0.1) is 0 Å². The van der Waals surface area contributed by atoms with Gasteiger partial charge in [0.2, 0.25) is 0 Å². The van der Waals surface area contributed by atoms with Crippen molar-refractivity contribution in [2.24, 2.45) is 0 Å². The number of methoxy groups -OCH3 is 2. The number of carboxylic acids is 1. The van der Waals surface area contributed by atoms with Gasteiger partial charge in [-0.15, -0.1) is 0 Å². The highest BCUT2D eigenvalue weighted by molar-refractivity contribution is 5.67. The molecule has 0 aromatic heterocycles. The van der Waals surface area contributed by atoms with Crippen LogP contribution in [-0.4, -0.2) is 43.3 Å². The number of ether oxygens (including phenoxy) is 2. The third kappa shape index (κ3) is 3.61. The van der Waals surface area contributed by atoms with Crippen LogP contribution in [0.4, 0.5) is 0 Å². The molecule has 0 spiro atoms. The molecule has 0 amide bonds. The highest BCUT2D eigenvalue weighted by Gasteiger charge is 2.30. The molecule has 1 aliphatic heterocycles. The SMILES string of the molecule is COc1cc2c(cc1OC)[C@H](c1ccccc1)N(CCC(=O)O)CC2. The van der Waals surface area contributed by atoms with Crippen molar-refractivity contribution in [3.8, 4) is 11.5 Å². The molecule has 5 nitrogen and oxygen atoms in total. The zero-order valence-electron chi connectivity index (χ0n) is 14.6. The van der Waals surface area contributed by atoms with E-state index in [4.69, 9.17) is 14.6 Å². The molecule has 1 aliphatic rings. The van der Waals surface area contributed by atoms with Crippen LogP contribution in [0.15, 0.2) is 42.5 Å². The standard InChI is InChI=1S/C20H23NO4/c1-24-17-12-15-8-10-21(11-9-19(22)23)20(14-6-4-3-5-7-14)16(15)13-18(17)25-2/h3-7,12-13,20H,8-11H2,1-2H3,(H,22,23)/t20-/m0/s1. The van der Waals surface area contributed by atoms with E-state index >= 15 is 0 Å². The summed E-state index contributed by atoms with van der Waals surface area (Å²) in [5.74, 6) is 0.652. The van der Waals surface area contributed by atoms with E-state index in [1.165, 1.54) is 5.56 Å². The predicted molar refractivity (Wildman–Crippen MR) is 95.4 cm³/mol. The first-order valence-corrected chi connectivity index (χ1v) is 8.39. The van der Waals surface area contributed by atoms with Crippen LogP contribution < -0.4 is 9.47 Å². The van der Waals surface area contributed by atoms with E-state index in [0.717, 1.165) is 29.8 Å². The number of hydrogen-bond acceptors (Lipinski definition) is 4. The first-order chi connectivity index (χ1) is 12.1. The summed E-state index contributed by atoms with van der Waals surface area (Å²) in [5, 5.41) is 9.08. The molecule has 5 heteroatoms. The molecule has 0 aliphatic carbocycles. The molecule has 3 rings (SSSR count). The van der Waals surface area contributed by atoms with Crippen LogP contribution in [-0.2, 0) is 11.2 Å². The van der Waals surface area contributed by atoms with Crippen molar-refractivity contribution in [2.75, 3.05) is 27.3 Å². The summed E-state index contributed by atoms with van der Waals surface area (Å²) >= 11 is 0. The van der Waals surface area contributed by atoms with Crippen LogP contribution in [0.3, 0.4) is 0 Å².